The molecule has 0 spiro atoms. The van der Waals surface area contributed by atoms with Crippen LogP contribution in [0.25, 0.3) is 0 Å². The first-order valence-corrected chi connectivity index (χ1v) is 9.37. The number of hydrogen-bond acceptors (Lipinski definition) is 7. The van der Waals surface area contributed by atoms with Crippen LogP contribution in [0.4, 0.5) is 20.6 Å². The number of hydrazone groups is 1. The molecule has 1 aliphatic rings. The Hall–Kier alpha value is -3.33. The number of halogens is 1. The van der Waals surface area contributed by atoms with Crippen LogP contribution in [0.15, 0.2) is 23.3 Å². The lowest BCUT2D eigenvalue weighted by Gasteiger charge is -2.33. The Morgan fingerprint density at radius 2 is 1.97 bits per heavy atom. The van der Waals surface area contributed by atoms with Gasteiger partial charge in [-0.05, 0) is 51.7 Å². The van der Waals surface area contributed by atoms with Crippen molar-refractivity contribution < 1.29 is 13.9 Å². The molecule has 0 unspecified atom stereocenters. The number of benzene rings is 1. The summed E-state index contributed by atoms with van der Waals surface area (Å²) in [5.74, 6) is -0.203. The van der Waals surface area contributed by atoms with E-state index < -0.39 is 11.4 Å². The van der Waals surface area contributed by atoms with Crippen LogP contribution in [0.2, 0.25) is 0 Å². The van der Waals surface area contributed by atoms with Gasteiger partial charge in [-0.2, -0.15) is 15.6 Å². The number of piperidine rings is 1. The number of carbonyl (C=O) groups is 1. The normalized spacial score (nSPS) is 14.3. The maximum Gasteiger partial charge on any atom is 0.410 e. The van der Waals surface area contributed by atoms with Gasteiger partial charge in [0, 0.05) is 19.6 Å². The second-order valence-corrected chi connectivity index (χ2v) is 7.75. The van der Waals surface area contributed by atoms with Crippen molar-refractivity contribution in [2.24, 2.45) is 11.0 Å². The van der Waals surface area contributed by atoms with Gasteiger partial charge in [0.05, 0.1) is 11.4 Å². The third kappa shape index (κ3) is 6.65. The van der Waals surface area contributed by atoms with Gasteiger partial charge >= 0.3 is 6.09 Å². The van der Waals surface area contributed by atoms with Crippen molar-refractivity contribution in [3.63, 3.8) is 0 Å². The maximum atomic E-state index is 14.3. The average Bonchev–Trinajstić information content (AvgIpc) is 2.67. The van der Waals surface area contributed by atoms with E-state index in [1.807, 2.05) is 20.8 Å². The lowest BCUT2D eigenvalue weighted by Crippen LogP contribution is -2.42. The second-order valence-electron chi connectivity index (χ2n) is 7.75. The van der Waals surface area contributed by atoms with Gasteiger partial charge in [-0.15, -0.1) is 0 Å². The zero-order valence-corrected chi connectivity index (χ0v) is 16.8. The minimum Gasteiger partial charge on any atom is -0.444 e. The summed E-state index contributed by atoms with van der Waals surface area (Å²) in [7, 11) is 0. The minimum atomic E-state index is -0.525. The highest BCUT2D eigenvalue weighted by molar-refractivity contribution is 6.10. The van der Waals surface area contributed by atoms with Gasteiger partial charge in [-0.1, -0.05) is 6.07 Å². The van der Waals surface area contributed by atoms with Crippen molar-refractivity contribution in [1.29, 1.82) is 10.5 Å². The number of hydrogen-bond donors (Lipinski definition) is 2. The molecule has 29 heavy (non-hydrogen) atoms. The molecule has 0 radical (unpaired) electrons. The van der Waals surface area contributed by atoms with Crippen LogP contribution in [0, 0.1) is 34.4 Å². The molecule has 154 valence electrons. The number of nitriles is 2. The lowest BCUT2D eigenvalue weighted by molar-refractivity contribution is 0.0188. The molecule has 0 aliphatic carbocycles. The van der Waals surface area contributed by atoms with Crippen molar-refractivity contribution in [2.75, 3.05) is 30.4 Å². The number of amides is 1. The summed E-state index contributed by atoms with van der Waals surface area (Å²) in [4.78, 5) is 13.8. The fourth-order valence-corrected chi connectivity index (χ4v) is 2.88. The SMILES string of the molecule is CC(C)(C)OC(=O)N1CCC(CNc2c(F)cccc2NN=C(C#N)C#N)CC1. The Kier molecular flexibility index (Phi) is 7.38. The van der Waals surface area contributed by atoms with E-state index >= 15 is 0 Å². The predicted octanol–water partition coefficient (Wildman–Crippen LogP) is 3.70. The smallest absolute Gasteiger partial charge is 0.410 e. The highest BCUT2D eigenvalue weighted by Gasteiger charge is 2.27. The molecule has 2 N–H and O–H groups in total. The Morgan fingerprint density at radius 3 is 2.55 bits per heavy atom. The summed E-state index contributed by atoms with van der Waals surface area (Å²) < 4.78 is 19.7. The first-order chi connectivity index (χ1) is 13.7. The summed E-state index contributed by atoms with van der Waals surface area (Å²) in [6, 6.07) is 7.70. The summed E-state index contributed by atoms with van der Waals surface area (Å²) in [6.45, 7) is 7.19. The highest BCUT2D eigenvalue weighted by Crippen LogP contribution is 2.27. The molecular weight excluding hydrogens is 375 g/mol. The molecule has 1 aromatic rings. The monoisotopic (exact) mass is 400 g/mol. The Balaban J connectivity index is 1.93. The van der Waals surface area contributed by atoms with Crippen LogP contribution in [0.1, 0.15) is 33.6 Å². The number of nitrogens with one attached hydrogen (secondary N) is 2. The fourth-order valence-electron chi connectivity index (χ4n) is 2.88. The van der Waals surface area contributed by atoms with E-state index in [1.54, 1.807) is 23.1 Å². The molecule has 1 amide bonds. The van der Waals surface area contributed by atoms with Gasteiger partial charge in [0.15, 0.2) is 0 Å². The van der Waals surface area contributed by atoms with E-state index in [1.165, 1.54) is 12.1 Å². The van der Waals surface area contributed by atoms with Crippen LogP contribution < -0.4 is 10.7 Å². The molecule has 0 atom stereocenters. The minimum absolute atomic E-state index is 0.223. The number of ether oxygens (including phenoxy) is 1. The molecule has 1 aromatic carbocycles. The molecule has 0 saturated carbocycles. The molecule has 0 aromatic heterocycles. The molecule has 0 bridgehead atoms. The van der Waals surface area contributed by atoms with E-state index in [4.69, 9.17) is 15.3 Å². The first-order valence-electron chi connectivity index (χ1n) is 9.37. The van der Waals surface area contributed by atoms with Crippen LogP contribution in [0.5, 0.6) is 0 Å². The molecule has 9 heteroatoms. The Morgan fingerprint density at radius 1 is 1.31 bits per heavy atom. The summed E-state index contributed by atoms with van der Waals surface area (Å²) >= 11 is 0. The van der Waals surface area contributed by atoms with Gasteiger partial charge in [-0.25, -0.2) is 9.18 Å². The van der Waals surface area contributed by atoms with E-state index in [-0.39, 0.29) is 23.4 Å². The number of rotatable bonds is 5. The van der Waals surface area contributed by atoms with Crippen molar-refractivity contribution in [1.82, 2.24) is 4.90 Å². The molecule has 1 fully saturated rings. The molecule has 1 aliphatic heterocycles. The summed E-state index contributed by atoms with van der Waals surface area (Å²) in [5, 5.41) is 24.3. The van der Waals surface area contributed by atoms with Crippen LogP contribution in [0.3, 0.4) is 0 Å². The first kappa shape index (κ1) is 22.0. The van der Waals surface area contributed by atoms with E-state index in [9.17, 15) is 9.18 Å². The van der Waals surface area contributed by atoms with E-state index in [2.05, 4.69) is 15.8 Å². The van der Waals surface area contributed by atoms with Crippen molar-refractivity contribution in [3.8, 4) is 12.1 Å². The predicted molar refractivity (Wildman–Crippen MR) is 108 cm³/mol. The number of anilines is 2. The molecular formula is C20H25FN6O2. The van der Waals surface area contributed by atoms with E-state index in [0.29, 0.717) is 25.3 Å². The molecule has 2 rings (SSSR count). The largest absolute Gasteiger partial charge is 0.444 e. The standard InChI is InChI=1S/C20H25FN6O2/c1-20(2,3)29-19(28)27-9-7-14(8-10-27)13-24-18-16(21)5-4-6-17(18)26-25-15(11-22)12-23/h4-6,14,24,26H,7-10,13H2,1-3H3. The van der Waals surface area contributed by atoms with Gasteiger partial charge in [0.25, 0.3) is 0 Å². The van der Waals surface area contributed by atoms with Crippen molar-refractivity contribution in [3.05, 3.63) is 24.0 Å². The Labute approximate surface area is 169 Å². The highest BCUT2D eigenvalue weighted by atomic mass is 19.1. The van der Waals surface area contributed by atoms with Crippen LogP contribution in [-0.4, -0.2) is 41.9 Å². The molecule has 1 saturated heterocycles. The third-order valence-corrected chi connectivity index (χ3v) is 4.35. The fraction of sp³-hybridized carbons (Fsp3) is 0.500. The topological polar surface area (TPSA) is 114 Å². The van der Waals surface area contributed by atoms with Crippen LogP contribution in [-0.2, 0) is 4.74 Å². The van der Waals surface area contributed by atoms with Gasteiger partial charge in [0.1, 0.15) is 23.6 Å². The number of likely N-dealkylation sites (tertiary alicyclic amines) is 1. The zero-order chi connectivity index (χ0) is 21.4. The second kappa shape index (κ2) is 9.74. The third-order valence-electron chi connectivity index (χ3n) is 4.35. The quantitative estimate of drug-likeness (QED) is 0.575. The van der Waals surface area contributed by atoms with Crippen molar-refractivity contribution >= 4 is 23.2 Å². The Bertz CT molecular complexity index is 826. The van der Waals surface area contributed by atoms with Crippen LogP contribution >= 0.6 is 0 Å². The number of para-hydroxylation sites is 1. The van der Waals surface area contributed by atoms with Gasteiger partial charge in [-0.3, -0.25) is 5.43 Å². The van der Waals surface area contributed by atoms with Crippen molar-refractivity contribution in [2.45, 2.75) is 39.2 Å². The summed E-state index contributed by atoms with van der Waals surface area (Å²) in [6.07, 6.45) is 1.23. The van der Waals surface area contributed by atoms with Gasteiger partial charge in [0.2, 0.25) is 5.71 Å². The number of nitrogens with zero attached hydrogens (tertiary/aromatic N) is 4. The maximum absolute atomic E-state index is 14.3. The lowest BCUT2D eigenvalue weighted by atomic mass is 9.97. The zero-order valence-electron chi connectivity index (χ0n) is 16.8. The summed E-state index contributed by atoms with van der Waals surface area (Å²) in [5.41, 5.74) is 2.24. The number of carbonyl (C=O) groups excluding carboxylic acids is 1. The molecule has 8 nitrogen and oxygen atoms in total. The van der Waals surface area contributed by atoms with Gasteiger partial charge < -0.3 is 15.0 Å². The van der Waals surface area contributed by atoms with E-state index in [0.717, 1.165) is 12.8 Å². The molecule has 1 heterocycles. The average molecular weight is 400 g/mol.